The summed E-state index contributed by atoms with van der Waals surface area (Å²) in [6.45, 7) is 2.36. The van der Waals surface area contributed by atoms with E-state index in [4.69, 9.17) is 5.11 Å². The summed E-state index contributed by atoms with van der Waals surface area (Å²) in [7, 11) is 0. The average molecular weight is 545 g/mol. The van der Waals surface area contributed by atoms with E-state index in [1.165, 1.54) is 66.7 Å². The Labute approximate surface area is 231 Å². The highest BCUT2D eigenvalue weighted by atomic mass is 32.2. The van der Waals surface area contributed by atoms with Crippen molar-refractivity contribution in [3.05, 3.63) is 53.6 Å². The number of benzene rings is 2. The van der Waals surface area contributed by atoms with Crippen LogP contribution in [0.1, 0.15) is 101 Å². The highest BCUT2D eigenvalue weighted by molar-refractivity contribution is 7.99. The van der Waals surface area contributed by atoms with Crippen LogP contribution < -0.4 is 0 Å². The third-order valence-electron chi connectivity index (χ3n) is 7.66. The summed E-state index contributed by atoms with van der Waals surface area (Å²) >= 11 is 3.85. The average Bonchev–Trinajstić information content (AvgIpc) is 2.87. The number of carboxylic acids is 1. The number of aliphatic carboxylic acids is 1. The van der Waals surface area contributed by atoms with Crippen molar-refractivity contribution in [1.29, 1.82) is 0 Å². The molecule has 1 aliphatic rings. The van der Waals surface area contributed by atoms with E-state index in [0.717, 1.165) is 37.2 Å². The summed E-state index contributed by atoms with van der Waals surface area (Å²) in [6.07, 6.45) is 13.4. The van der Waals surface area contributed by atoms with Crippen molar-refractivity contribution in [2.45, 2.75) is 100 Å². The minimum Gasteiger partial charge on any atom is -0.508 e. The molecule has 3 N–H and O–H groups in total. The van der Waals surface area contributed by atoms with Crippen LogP contribution >= 0.6 is 23.5 Å². The molecule has 204 valence electrons. The molecular formula is C31H44O4S2. The van der Waals surface area contributed by atoms with Gasteiger partial charge in [-0.3, -0.25) is 4.79 Å². The maximum absolute atomic E-state index is 10.5. The van der Waals surface area contributed by atoms with Crippen LogP contribution in [0, 0.1) is 0 Å². The molecule has 1 heterocycles. The van der Waals surface area contributed by atoms with Crippen LogP contribution in [0.3, 0.4) is 0 Å². The number of rotatable bonds is 17. The van der Waals surface area contributed by atoms with Gasteiger partial charge in [0.2, 0.25) is 0 Å². The van der Waals surface area contributed by atoms with E-state index >= 15 is 0 Å². The van der Waals surface area contributed by atoms with Gasteiger partial charge in [-0.2, -0.15) is 11.8 Å². The molecule has 3 rings (SSSR count). The lowest BCUT2D eigenvalue weighted by Gasteiger charge is -2.43. The SMILES string of the molecule is C[C@]1(c2ccc(O)cc2)CSc2cc(O)ccc2C1CCCCCCCCCSCCCCCC(=O)O. The minimum absolute atomic E-state index is 0.00371. The van der Waals surface area contributed by atoms with Crippen LogP contribution in [0.2, 0.25) is 0 Å². The third kappa shape index (κ3) is 9.47. The van der Waals surface area contributed by atoms with E-state index in [1.54, 1.807) is 12.1 Å². The van der Waals surface area contributed by atoms with Crippen molar-refractivity contribution in [2.24, 2.45) is 0 Å². The first-order chi connectivity index (χ1) is 17.9. The standard InChI is InChI=1S/C31H44O4S2/c1-31(24-14-16-25(32)17-15-24)23-37-29-22-26(33)18-19-27(29)28(31)12-8-5-3-2-4-6-10-20-36-21-11-7-9-13-30(34)35/h14-19,22,28,32-33H,2-13,20-21,23H2,1H3,(H,34,35)/t28?,31-/m1/s1. The Hall–Kier alpha value is -1.79. The first-order valence-corrected chi connectivity index (χ1v) is 16.1. The van der Waals surface area contributed by atoms with Gasteiger partial charge in [-0.05, 0) is 78.5 Å². The molecule has 1 unspecified atom stereocenters. The van der Waals surface area contributed by atoms with E-state index < -0.39 is 5.97 Å². The second kappa shape index (κ2) is 15.6. The predicted octanol–water partition coefficient (Wildman–Crippen LogP) is 8.74. The maximum atomic E-state index is 10.5. The van der Waals surface area contributed by atoms with E-state index in [1.807, 2.05) is 35.7 Å². The van der Waals surface area contributed by atoms with Gasteiger partial charge in [0.05, 0.1) is 0 Å². The molecule has 0 saturated heterocycles. The lowest BCUT2D eigenvalue weighted by atomic mass is 9.68. The molecule has 0 spiro atoms. The fourth-order valence-electron chi connectivity index (χ4n) is 5.40. The number of unbranched alkanes of at least 4 members (excludes halogenated alkanes) is 8. The number of hydrogen-bond acceptors (Lipinski definition) is 5. The van der Waals surface area contributed by atoms with Crippen LogP contribution in [0.4, 0.5) is 0 Å². The first-order valence-electron chi connectivity index (χ1n) is 13.9. The van der Waals surface area contributed by atoms with Crippen LogP contribution in [0.15, 0.2) is 47.4 Å². The van der Waals surface area contributed by atoms with Gasteiger partial charge in [0, 0.05) is 22.5 Å². The van der Waals surface area contributed by atoms with E-state index in [0.29, 0.717) is 23.8 Å². The molecule has 2 aromatic carbocycles. The largest absolute Gasteiger partial charge is 0.508 e. The normalized spacial score (nSPS) is 19.0. The Balaban J connectivity index is 1.36. The Morgan fingerprint density at radius 2 is 1.46 bits per heavy atom. The highest BCUT2D eigenvalue weighted by Crippen LogP contribution is 2.52. The lowest BCUT2D eigenvalue weighted by Crippen LogP contribution is -2.36. The zero-order chi connectivity index (χ0) is 26.5. The van der Waals surface area contributed by atoms with Crippen molar-refractivity contribution in [1.82, 2.24) is 0 Å². The van der Waals surface area contributed by atoms with E-state index in [9.17, 15) is 15.0 Å². The second-order valence-electron chi connectivity index (χ2n) is 10.6. The van der Waals surface area contributed by atoms with Crippen molar-refractivity contribution < 1.29 is 20.1 Å². The molecule has 6 heteroatoms. The zero-order valence-corrected chi connectivity index (χ0v) is 23.9. The second-order valence-corrected chi connectivity index (χ2v) is 12.8. The number of carbonyl (C=O) groups is 1. The Morgan fingerprint density at radius 3 is 2.14 bits per heavy atom. The summed E-state index contributed by atoms with van der Waals surface area (Å²) in [4.78, 5) is 11.7. The smallest absolute Gasteiger partial charge is 0.303 e. The topological polar surface area (TPSA) is 77.8 Å². The predicted molar refractivity (Wildman–Crippen MR) is 157 cm³/mol. The number of phenols is 2. The van der Waals surface area contributed by atoms with Gasteiger partial charge in [-0.1, -0.05) is 70.1 Å². The molecule has 0 aliphatic carbocycles. The quantitative estimate of drug-likeness (QED) is 0.173. The van der Waals surface area contributed by atoms with Gasteiger partial charge in [-0.25, -0.2) is 0 Å². The molecule has 0 radical (unpaired) electrons. The summed E-state index contributed by atoms with van der Waals surface area (Å²) in [5.41, 5.74) is 2.62. The molecule has 2 atom stereocenters. The summed E-state index contributed by atoms with van der Waals surface area (Å²) in [5, 5.41) is 28.5. The fraction of sp³-hybridized carbons (Fsp3) is 0.581. The Morgan fingerprint density at radius 1 is 0.865 bits per heavy atom. The van der Waals surface area contributed by atoms with Crippen LogP contribution in [-0.4, -0.2) is 38.5 Å². The van der Waals surface area contributed by atoms with Gasteiger partial charge in [-0.15, -0.1) is 11.8 Å². The molecular weight excluding hydrogens is 500 g/mol. The summed E-state index contributed by atoms with van der Waals surface area (Å²) < 4.78 is 0. The van der Waals surface area contributed by atoms with Crippen LogP contribution in [0.5, 0.6) is 11.5 Å². The van der Waals surface area contributed by atoms with Crippen molar-refractivity contribution in [2.75, 3.05) is 17.3 Å². The lowest BCUT2D eigenvalue weighted by molar-refractivity contribution is -0.137. The third-order valence-corrected chi connectivity index (χ3v) is 10.2. The molecule has 0 aromatic heterocycles. The van der Waals surface area contributed by atoms with Crippen molar-refractivity contribution >= 4 is 29.5 Å². The molecule has 0 saturated carbocycles. The number of thioether (sulfide) groups is 2. The van der Waals surface area contributed by atoms with Gasteiger partial charge in [0.1, 0.15) is 11.5 Å². The number of fused-ring (bicyclic) bond motifs is 1. The highest BCUT2D eigenvalue weighted by Gasteiger charge is 2.41. The van der Waals surface area contributed by atoms with E-state index in [-0.39, 0.29) is 5.41 Å². The summed E-state index contributed by atoms with van der Waals surface area (Å²) in [6, 6.07) is 13.6. The van der Waals surface area contributed by atoms with Crippen molar-refractivity contribution in [3.8, 4) is 11.5 Å². The molecule has 0 amide bonds. The van der Waals surface area contributed by atoms with Gasteiger partial charge in [0.15, 0.2) is 0 Å². The molecule has 4 nitrogen and oxygen atoms in total. The van der Waals surface area contributed by atoms with Gasteiger partial charge >= 0.3 is 5.97 Å². The number of aromatic hydroxyl groups is 2. The minimum atomic E-state index is -0.681. The van der Waals surface area contributed by atoms with Crippen molar-refractivity contribution in [3.63, 3.8) is 0 Å². The maximum Gasteiger partial charge on any atom is 0.303 e. The Bertz CT molecular complexity index is 962. The fourth-order valence-corrected chi connectivity index (χ4v) is 7.83. The molecule has 37 heavy (non-hydrogen) atoms. The first kappa shape index (κ1) is 29.8. The van der Waals surface area contributed by atoms with Gasteiger partial charge in [0.25, 0.3) is 0 Å². The molecule has 1 aliphatic heterocycles. The summed E-state index contributed by atoms with van der Waals surface area (Å²) in [5.74, 6) is 3.72. The Kier molecular flexibility index (Phi) is 12.5. The monoisotopic (exact) mass is 544 g/mol. The number of hydrogen-bond donors (Lipinski definition) is 3. The number of phenolic OH excluding ortho intramolecular Hbond substituents is 2. The molecule has 0 bridgehead atoms. The zero-order valence-electron chi connectivity index (χ0n) is 22.3. The van der Waals surface area contributed by atoms with E-state index in [2.05, 4.69) is 25.1 Å². The molecule has 0 fully saturated rings. The van der Waals surface area contributed by atoms with Crippen LogP contribution in [0.25, 0.3) is 0 Å². The van der Waals surface area contributed by atoms with Crippen LogP contribution in [-0.2, 0) is 10.2 Å². The van der Waals surface area contributed by atoms with Gasteiger partial charge < -0.3 is 15.3 Å². The number of carboxylic acid groups (broad SMARTS) is 1. The molecule has 2 aromatic rings.